The number of aromatic nitrogens is 1. The van der Waals surface area contributed by atoms with Crippen LogP contribution < -0.4 is 4.72 Å². The lowest BCUT2D eigenvalue weighted by molar-refractivity contribution is 0.305. The van der Waals surface area contributed by atoms with Crippen molar-refractivity contribution in [3.63, 3.8) is 0 Å². The number of thiazole rings is 1. The van der Waals surface area contributed by atoms with E-state index in [1.54, 1.807) is 17.5 Å². The van der Waals surface area contributed by atoms with Gasteiger partial charge in [-0.05, 0) is 24.3 Å². The normalized spacial score (nSPS) is 10.7. The van der Waals surface area contributed by atoms with Gasteiger partial charge in [-0.25, -0.2) is 13.4 Å². The highest BCUT2D eigenvalue weighted by atomic mass is 32.2. The lowest BCUT2D eigenvalue weighted by Gasteiger charge is -2.04. The molecule has 1 aromatic carbocycles. The highest BCUT2D eigenvalue weighted by molar-refractivity contribution is 7.93. The third kappa shape index (κ3) is 3.81. The Balaban J connectivity index is 2.15. The van der Waals surface area contributed by atoms with Crippen molar-refractivity contribution in [1.29, 1.82) is 0 Å². The number of sulfonamides is 1. The zero-order valence-electron chi connectivity index (χ0n) is 10.4. The maximum absolute atomic E-state index is 12.1. The number of rotatable bonds is 4. The number of nitrogens with one attached hydrogen (secondary N) is 1. The van der Waals surface area contributed by atoms with E-state index in [9.17, 15) is 8.42 Å². The standard InChI is InChI=1S/C13H12N2O3S2/c16-9-2-1-3-11-4-6-12(7-5-11)20(17,18)15-13-14-8-10-19-13/h4-8,10,16H,2,9H2,(H,14,15). The van der Waals surface area contributed by atoms with Gasteiger partial charge in [0.1, 0.15) is 0 Å². The quantitative estimate of drug-likeness (QED) is 0.842. The van der Waals surface area contributed by atoms with E-state index >= 15 is 0 Å². The largest absolute Gasteiger partial charge is 0.395 e. The van der Waals surface area contributed by atoms with Crippen molar-refractivity contribution >= 4 is 26.5 Å². The molecule has 2 rings (SSSR count). The minimum absolute atomic E-state index is 0.0111. The fraction of sp³-hybridized carbons (Fsp3) is 0.154. The van der Waals surface area contributed by atoms with Gasteiger partial charge in [-0.3, -0.25) is 4.72 Å². The first-order chi connectivity index (χ1) is 9.62. The van der Waals surface area contributed by atoms with Crippen LogP contribution in [0.2, 0.25) is 0 Å². The monoisotopic (exact) mass is 308 g/mol. The Kier molecular flexibility index (Phi) is 4.74. The first-order valence-electron chi connectivity index (χ1n) is 5.74. The molecule has 2 aromatic rings. The van der Waals surface area contributed by atoms with Gasteiger partial charge in [0.05, 0.1) is 11.5 Å². The SMILES string of the molecule is O=S(=O)(Nc1nccs1)c1ccc(C#CCCO)cc1. The minimum atomic E-state index is -3.62. The van der Waals surface area contributed by atoms with Crippen molar-refractivity contribution in [3.8, 4) is 11.8 Å². The summed E-state index contributed by atoms with van der Waals surface area (Å²) in [6.45, 7) is 0.0111. The third-order valence-corrected chi connectivity index (χ3v) is 4.46. The Hall–Kier alpha value is -1.88. The Morgan fingerprint density at radius 2 is 2.05 bits per heavy atom. The average Bonchev–Trinajstić information content (AvgIpc) is 2.92. The number of aliphatic hydroxyl groups excluding tert-OH is 1. The summed E-state index contributed by atoms with van der Waals surface area (Å²) in [5.41, 5.74) is 0.701. The molecule has 2 N–H and O–H groups in total. The molecule has 0 saturated heterocycles. The Morgan fingerprint density at radius 1 is 1.30 bits per heavy atom. The maximum Gasteiger partial charge on any atom is 0.263 e. The summed E-state index contributed by atoms with van der Waals surface area (Å²) >= 11 is 1.21. The van der Waals surface area contributed by atoms with E-state index in [0.717, 1.165) is 0 Å². The molecule has 0 aliphatic rings. The molecule has 0 radical (unpaired) electrons. The number of nitrogens with zero attached hydrogens (tertiary/aromatic N) is 1. The van der Waals surface area contributed by atoms with E-state index in [0.29, 0.717) is 17.1 Å². The molecule has 0 aliphatic carbocycles. The van der Waals surface area contributed by atoms with Gasteiger partial charge in [-0.15, -0.1) is 11.3 Å². The molecule has 0 bridgehead atoms. The molecule has 0 aliphatic heterocycles. The van der Waals surface area contributed by atoms with Gasteiger partial charge in [-0.2, -0.15) is 0 Å². The number of aliphatic hydroxyl groups is 1. The van der Waals surface area contributed by atoms with Gasteiger partial charge >= 0.3 is 0 Å². The highest BCUT2D eigenvalue weighted by Gasteiger charge is 2.14. The number of hydrogen-bond donors (Lipinski definition) is 2. The van der Waals surface area contributed by atoms with Crippen LogP contribution in [-0.4, -0.2) is 25.1 Å². The van der Waals surface area contributed by atoms with Crippen LogP contribution in [0.4, 0.5) is 5.13 Å². The maximum atomic E-state index is 12.1. The van der Waals surface area contributed by atoms with Gasteiger partial charge in [-0.1, -0.05) is 11.8 Å². The molecule has 104 valence electrons. The van der Waals surface area contributed by atoms with E-state index in [1.807, 2.05) is 0 Å². The van der Waals surface area contributed by atoms with Gasteiger partial charge in [0, 0.05) is 23.6 Å². The Morgan fingerprint density at radius 3 is 2.65 bits per heavy atom. The van der Waals surface area contributed by atoms with Crippen molar-refractivity contribution in [2.45, 2.75) is 11.3 Å². The van der Waals surface area contributed by atoms with Crippen LogP contribution in [0.25, 0.3) is 0 Å². The van der Waals surface area contributed by atoms with Gasteiger partial charge in [0.15, 0.2) is 5.13 Å². The van der Waals surface area contributed by atoms with Crippen LogP contribution in [0.5, 0.6) is 0 Å². The molecule has 0 unspecified atom stereocenters. The molecule has 0 saturated carbocycles. The summed E-state index contributed by atoms with van der Waals surface area (Å²) in [5.74, 6) is 5.61. The van der Waals surface area contributed by atoms with E-state index in [-0.39, 0.29) is 11.5 Å². The first-order valence-corrected chi connectivity index (χ1v) is 8.10. The van der Waals surface area contributed by atoms with Gasteiger partial charge in [0.25, 0.3) is 10.0 Å². The van der Waals surface area contributed by atoms with E-state index in [2.05, 4.69) is 21.5 Å². The smallest absolute Gasteiger partial charge is 0.263 e. The molecule has 1 heterocycles. The molecule has 0 atom stereocenters. The van der Waals surface area contributed by atoms with Crippen LogP contribution >= 0.6 is 11.3 Å². The number of anilines is 1. The summed E-state index contributed by atoms with van der Waals surface area (Å²) in [5, 5.41) is 10.6. The molecule has 0 fully saturated rings. The van der Waals surface area contributed by atoms with Gasteiger partial charge in [0.2, 0.25) is 0 Å². The molecular weight excluding hydrogens is 296 g/mol. The molecule has 1 aromatic heterocycles. The average molecular weight is 308 g/mol. The summed E-state index contributed by atoms with van der Waals surface area (Å²) in [6.07, 6.45) is 1.92. The van der Waals surface area contributed by atoms with Crippen molar-refractivity contribution in [2.24, 2.45) is 0 Å². The number of hydrogen-bond acceptors (Lipinski definition) is 5. The van der Waals surface area contributed by atoms with Crippen LogP contribution in [0, 0.1) is 11.8 Å². The molecule has 20 heavy (non-hydrogen) atoms. The first kappa shape index (κ1) is 14.5. The molecule has 7 heteroatoms. The van der Waals surface area contributed by atoms with Crippen molar-refractivity contribution in [2.75, 3.05) is 11.3 Å². The Bertz CT molecular complexity index is 711. The second-order valence-electron chi connectivity index (χ2n) is 3.74. The molecule has 5 nitrogen and oxygen atoms in total. The zero-order valence-corrected chi connectivity index (χ0v) is 12.0. The molecular formula is C13H12N2O3S2. The third-order valence-electron chi connectivity index (χ3n) is 2.29. The summed E-state index contributed by atoms with van der Waals surface area (Å²) in [6, 6.07) is 6.22. The van der Waals surface area contributed by atoms with Crippen molar-refractivity contribution < 1.29 is 13.5 Å². The summed E-state index contributed by atoms with van der Waals surface area (Å²) in [7, 11) is -3.62. The predicted molar refractivity (Wildman–Crippen MR) is 77.9 cm³/mol. The fourth-order valence-corrected chi connectivity index (χ4v) is 3.17. The van der Waals surface area contributed by atoms with Crippen molar-refractivity contribution in [3.05, 3.63) is 41.4 Å². The van der Waals surface area contributed by atoms with Gasteiger partial charge < -0.3 is 5.11 Å². The predicted octanol–water partition coefficient (Wildman–Crippen LogP) is 1.68. The fourth-order valence-electron chi connectivity index (χ4n) is 1.39. The molecule has 0 spiro atoms. The number of benzene rings is 1. The second-order valence-corrected chi connectivity index (χ2v) is 6.32. The van der Waals surface area contributed by atoms with Crippen LogP contribution in [0.15, 0.2) is 40.7 Å². The Labute approximate surface area is 121 Å². The minimum Gasteiger partial charge on any atom is -0.395 e. The van der Waals surface area contributed by atoms with E-state index < -0.39 is 10.0 Å². The lowest BCUT2D eigenvalue weighted by Crippen LogP contribution is -2.12. The van der Waals surface area contributed by atoms with Crippen LogP contribution in [-0.2, 0) is 10.0 Å². The topological polar surface area (TPSA) is 79.3 Å². The molecule has 0 amide bonds. The van der Waals surface area contributed by atoms with E-state index in [4.69, 9.17) is 5.11 Å². The highest BCUT2D eigenvalue weighted by Crippen LogP contribution is 2.18. The summed E-state index contributed by atoms with van der Waals surface area (Å²) < 4.78 is 26.5. The lowest BCUT2D eigenvalue weighted by atomic mass is 10.2. The second kappa shape index (κ2) is 6.52. The zero-order chi connectivity index (χ0) is 14.4. The van der Waals surface area contributed by atoms with Crippen LogP contribution in [0.3, 0.4) is 0 Å². The summed E-state index contributed by atoms with van der Waals surface area (Å²) in [4.78, 5) is 4.03. The van der Waals surface area contributed by atoms with E-state index in [1.165, 1.54) is 29.7 Å². The van der Waals surface area contributed by atoms with Crippen LogP contribution in [0.1, 0.15) is 12.0 Å². The van der Waals surface area contributed by atoms with Crippen molar-refractivity contribution in [1.82, 2.24) is 4.98 Å².